The summed E-state index contributed by atoms with van der Waals surface area (Å²) in [5, 5.41) is 6.74. The lowest BCUT2D eigenvalue weighted by molar-refractivity contribution is 0.00701. The Balaban J connectivity index is 1.26. The van der Waals surface area contributed by atoms with Crippen LogP contribution in [0.25, 0.3) is 0 Å². The minimum atomic E-state index is -0.463. The third-order valence-corrected chi connectivity index (χ3v) is 5.25. The molecule has 2 saturated heterocycles. The Labute approximate surface area is 185 Å². The molecule has 0 aliphatic carbocycles. The van der Waals surface area contributed by atoms with Crippen LogP contribution in [0.5, 0.6) is 0 Å². The molecule has 0 spiro atoms. The van der Waals surface area contributed by atoms with E-state index in [0.717, 1.165) is 57.6 Å². The van der Waals surface area contributed by atoms with E-state index in [-0.39, 0.29) is 12.1 Å². The molecule has 31 heavy (non-hydrogen) atoms. The number of hydrogen-bond acceptors (Lipinski definition) is 7. The number of ether oxygens (including phenoxy) is 1. The number of aromatic nitrogens is 2. The van der Waals surface area contributed by atoms with E-state index in [0.29, 0.717) is 13.1 Å². The maximum absolute atomic E-state index is 12.0. The third kappa shape index (κ3) is 7.23. The van der Waals surface area contributed by atoms with Crippen molar-refractivity contribution in [2.75, 3.05) is 64.3 Å². The highest BCUT2D eigenvalue weighted by Crippen LogP contribution is 2.15. The monoisotopic (exact) mass is 432 g/mol. The summed E-state index contributed by atoms with van der Waals surface area (Å²) in [4.78, 5) is 31.4. The Bertz CT molecular complexity index is 723. The van der Waals surface area contributed by atoms with Crippen molar-refractivity contribution < 1.29 is 9.53 Å². The number of carbonyl (C=O) groups is 1. The van der Waals surface area contributed by atoms with Gasteiger partial charge in [0.1, 0.15) is 5.60 Å². The highest BCUT2D eigenvalue weighted by atomic mass is 16.6. The van der Waals surface area contributed by atoms with Crippen LogP contribution in [0.3, 0.4) is 0 Å². The average Bonchev–Trinajstić information content (AvgIpc) is 2.71. The predicted molar refractivity (Wildman–Crippen MR) is 121 cm³/mol. The fraction of sp³-hybridized carbons (Fsp3) is 0.714. The normalized spacial score (nSPS) is 18.5. The molecule has 10 nitrogen and oxygen atoms in total. The van der Waals surface area contributed by atoms with Crippen LogP contribution in [0.2, 0.25) is 0 Å². The Morgan fingerprint density at radius 2 is 1.87 bits per heavy atom. The first kappa shape index (κ1) is 23.1. The lowest BCUT2D eigenvalue weighted by atomic mass is 10.1. The summed E-state index contributed by atoms with van der Waals surface area (Å²) >= 11 is 0. The molecule has 0 radical (unpaired) electrons. The minimum Gasteiger partial charge on any atom is -0.444 e. The van der Waals surface area contributed by atoms with Crippen LogP contribution in [-0.2, 0) is 4.74 Å². The molecular weight excluding hydrogens is 396 g/mol. The number of guanidine groups is 1. The topological polar surface area (TPSA) is 98.2 Å². The van der Waals surface area contributed by atoms with Gasteiger partial charge in [-0.1, -0.05) is 0 Å². The average molecular weight is 433 g/mol. The smallest absolute Gasteiger partial charge is 0.410 e. The van der Waals surface area contributed by atoms with Gasteiger partial charge in [0, 0.05) is 65.3 Å². The molecule has 2 fully saturated rings. The Morgan fingerprint density at radius 3 is 2.48 bits per heavy atom. The maximum Gasteiger partial charge on any atom is 0.410 e. The summed E-state index contributed by atoms with van der Waals surface area (Å²) in [6, 6.07) is 2.05. The van der Waals surface area contributed by atoms with Crippen LogP contribution >= 0.6 is 0 Å². The second-order valence-corrected chi connectivity index (χ2v) is 8.96. The third-order valence-electron chi connectivity index (χ3n) is 5.25. The molecule has 0 atom stereocenters. The molecule has 1 aromatic heterocycles. The molecule has 0 unspecified atom stereocenters. The van der Waals surface area contributed by atoms with Crippen LogP contribution < -0.4 is 15.5 Å². The minimum absolute atomic E-state index is 0.201. The Kier molecular flexibility index (Phi) is 7.89. The second-order valence-electron chi connectivity index (χ2n) is 8.96. The standard InChI is InChI=1S/C21H36N8O2/c1-21(2,3)31-20(30)29-15-17(16-29)26-18(22-4)23-9-6-10-27-11-13-28(14-12-27)19-24-7-5-8-25-19/h5,7-8,17H,6,9-16H2,1-4H3,(H2,22,23,26). The van der Waals surface area contributed by atoms with Gasteiger partial charge in [0.05, 0.1) is 6.04 Å². The molecule has 1 amide bonds. The van der Waals surface area contributed by atoms with Gasteiger partial charge >= 0.3 is 6.09 Å². The summed E-state index contributed by atoms with van der Waals surface area (Å²) in [6.45, 7) is 12.7. The van der Waals surface area contributed by atoms with E-state index >= 15 is 0 Å². The number of piperazine rings is 1. The van der Waals surface area contributed by atoms with Gasteiger partial charge in [0.2, 0.25) is 5.95 Å². The predicted octanol–water partition coefficient (Wildman–Crippen LogP) is 0.773. The van der Waals surface area contributed by atoms with Crippen LogP contribution in [0, 0.1) is 0 Å². The zero-order chi connectivity index (χ0) is 22.3. The molecule has 2 aliphatic rings. The molecule has 2 aliphatic heterocycles. The van der Waals surface area contributed by atoms with Crippen molar-refractivity contribution in [3.63, 3.8) is 0 Å². The van der Waals surface area contributed by atoms with E-state index in [1.807, 2.05) is 26.8 Å². The molecule has 3 heterocycles. The quantitative estimate of drug-likeness (QED) is 0.387. The van der Waals surface area contributed by atoms with E-state index < -0.39 is 5.60 Å². The summed E-state index contributed by atoms with van der Waals surface area (Å²) in [6.07, 6.45) is 4.37. The number of amides is 1. The molecule has 0 aromatic carbocycles. The van der Waals surface area contributed by atoms with Crippen molar-refractivity contribution in [3.8, 4) is 0 Å². The van der Waals surface area contributed by atoms with Crippen molar-refractivity contribution in [2.24, 2.45) is 4.99 Å². The van der Waals surface area contributed by atoms with Gasteiger partial charge in [-0.15, -0.1) is 0 Å². The maximum atomic E-state index is 12.0. The van der Waals surface area contributed by atoms with Gasteiger partial charge in [-0.25, -0.2) is 14.8 Å². The number of carbonyl (C=O) groups excluding carboxylic acids is 1. The largest absolute Gasteiger partial charge is 0.444 e. The first-order valence-electron chi connectivity index (χ1n) is 11.0. The van der Waals surface area contributed by atoms with Crippen molar-refractivity contribution in [3.05, 3.63) is 18.5 Å². The van der Waals surface area contributed by atoms with Crippen molar-refractivity contribution in [1.82, 2.24) is 30.4 Å². The van der Waals surface area contributed by atoms with E-state index in [9.17, 15) is 4.79 Å². The summed E-state index contributed by atoms with van der Waals surface area (Å²) in [7, 11) is 1.77. The lowest BCUT2D eigenvalue weighted by Crippen LogP contribution is -2.63. The Morgan fingerprint density at radius 1 is 1.19 bits per heavy atom. The van der Waals surface area contributed by atoms with E-state index in [1.165, 1.54) is 0 Å². The van der Waals surface area contributed by atoms with Crippen LogP contribution in [0.4, 0.5) is 10.7 Å². The van der Waals surface area contributed by atoms with Crippen LogP contribution in [0.1, 0.15) is 27.2 Å². The van der Waals surface area contributed by atoms with Crippen molar-refractivity contribution in [2.45, 2.75) is 38.8 Å². The number of anilines is 1. The molecule has 172 valence electrons. The number of likely N-dealkylation sites (tertiary alicyclic amines) is 1. The first-order valence-corrected chi connectivity index (χ1v) is 11.0. The zero-order valence-electron chi connectivity index (χ0n) is 19.2. The molecule has 1 aromatic rings. The second kappa shape index (κ2) is 10.6. The highest BCUT2D eigenvalue weighted by Gasteiger charge is 2.34. The van der Waals surface area contributed by atoms with Crippen molar-refractivity contribution in [1.29, 1.82) is 0 Å². The Hall–Kier alpha value is -2.62. The van der Waals surface area contributed by atoms with E-state index in [1.54, 1.807) is 24.3 Å². The molecule has 3 rings (SSSR count). The molecular formula is C21H36N8O2. The molecule has 2 N–H and O–H groups in total. The SMILES string of the molecule is CN=C(NCCCN1CCN(c2ncccn2)CC1)NC1CN(C(=O)OC(C)(C)C)C1. The van der Waals surface area contributed by atoms with Gasteiger partial charge in [-0.2, -0.15) is 0 Å². The molecule has 0 bridgehead atoms. The molecule has 10 heteroatoms. The number of hydrogen-bond donors (Lipinski definition) is 2. The van der Waals surface area contributed by atoms with Crippen LogP contribution in [0.15, 0.2) is 23.5 Å². The number of nitrogens with one attached hydrogen (secondary N) is 2. The van der Waals surface area contributed by atoms with E-state index in [2.05, 4.69) is 35.4 Å². The van der Waals surface area contributed by atoms with Gasteiger partial charge in [-0.3, -0.25) is 9.89 Å². The van der Waals surface area contributed by atoms with Gasteiger partial charge in [0.15, 0.2) is 5.96 Å². The van der Waals surface area contributed by atoms with Gasteiger partial charge in [0.25, 0.3) is 0 Å². The summed E-state index contributed by atoms with van der Waals surface area (Å²) in [5.41, 5.74) is -0.463. The zero-order valence-corrected chi connectivity index (χ0v) is 19.2. The fourth-order valence-corrected chi connectivity index (χ4v) is 3.57. The van der Waals surface area contributed by atoms with Gasteiger partial charge < -0.3 is 25.2 Å². The van der Waals surface area contributed by atoms with Gasteiger partial charge in [-0.05, 0) is 39.8 Å². The van der Waals surface area contributed by atoms with Crippen LogP contribution in [-0.4, -0.2) is 103 Å². The van der Waals surface area contributed by atoms with E-state index in [4.69, 9.17) is 4.74 Å². The fourth-order valence-electron chi connectivity index (χ4n) is 3.57. The number of nitrogens with zero attached hydrogens (tertiary/aromatic N) is 6. The van der Waals surface area contributed by atoms with Crippen molar-refractivity contribution >= 4 is 18.0 Å². The first-order chi connectivity index (χ1) is 14.8. The lowest BCUT2D eigenvalue weighted by Gasteiger charge is -2.40. The summed E-state index contributed by atoms with van der Waals surface area (Å²) in [5.74, 6) is 1.60. The highest BCUT2D eigenvalue weighted by molar-refractivity contribution is 5.80. The number of aliphatic imine (C=N–C) groups is 1. The molecule has 0 saturated carbocycles. The summed E-state index contributed by atoms with van der Waals surface area (Å²) < 4.78 is 5.39. The number of rotatable bonds is 6.